The van der Waals surface area contributed by atoms with Crippen molar-refractivity contribution in [3.63, 3.8) is 0 Å². The van der Waals surface area contributed by atoms with Crippen molar-refractivity contribution in [3.8, 4) is 11.3 Å². The van der Waals surface area contributed by atoms with Crippen molar-refractivity contribution in [2.75, 3.05) is 17.2 Å². The number of halogens is 1. The van der Waals surface area contributed by atoms with Gasteiger partial charge in [-0.1, -0.05) is 30.9 Å². The number of benzene rings is 2. The van der Waals surface area contributed by atoms with E-state index in [0.29, 0.717) is 34.0 Å². The van der Waals surface area contributed by atoms with E-state index >= 15 is 0 Å². The quantitative estimate of drug-likeness (QED) is 0.470. The Bertz CT molecular complexity index is 1250. The van der Waals surface area contributed by atoms with Gasteiger partial charge in [0.2, 0.25) is 11.9 Å². The largest absolute Gasteiger partial charge is 0.336 e. The Kier molecular flexibility index (Phi) is 6.68. The van der Waals surface area contributed by atoms with E-state index in [1.54, 1.807) is 18.3 Å². The fraction of sp³-hybridized carbons (Fsp3) is 0.333. The fourth-order valence-electron chi connectivity index (χ4n) is 4.97. The smallest absolute Gasteiger partial charge is 0.254 e. The van der Waals surface area contributed by atoms with Crippen molar-refractivity contribution < 1.29 is 9.59 Å². The van der Waals surface area contributed by atoms with Crippen LogP contribution in [0.3, 0.4) is 0 Å². The molecule has 35 heavy (non-hydrogen) atoms. The highest BCUT2D eigenvalue weighted by Gasteiger charge is 2.25. The molecule has 1 aliphatic heterocycles. The second-order valence-corrected chi connectivity index (χ2v) is 9.50. The molecule has 2 aliphatic rings. The van der Waals surface area contributed by atoms with Crippen molar-refractivity contribution in [2.45, 2.75) is 51.5 Å². The standard InChI is InChI=1S/C27H28ClN5O2/c1-2-33(21-6-4-3-5-7-21)26(35)17-8-11-20(12-9-17)30-27-29-16-18-14-24(34)31-23-15-19(28)10-13-22(23)25(18)32-27/h8-13,15-16,21H,2-7,14H2,1H3,(H,31,34)(H,29,30,32). The number of carbonyl (C=O) groups is 2. The minimum Gasteiger partial charge on any atom is -0.336 e. The number of rotatable bonds is 5. The van der Waals surface area contributed by atoms with Crippen molar-refractivity contribution in [3.05, 3.63) is 64.8 Å². The van der Waals surface area contributed by atoms with Crippen LogP contribution >= 0.6 is 11.6 Å². The van der Waals surface area contributed by atoms with Crippen LogP contribution < -0.4 is 10.6 Å². The molecule has 1 saturated carbocycles. The summed E-state index contributed by atoms with van der Waals surface area (Å²) in [6, 6.07) is 13.1. The van der Waals surface area contributed by atoms with Crippen LogP contribution in [-0.4, -0.2) is 39.3 Å². The van der Waals surface area contributed by atoms with E-state index in [9.17, 15) is 9.59 Å². The highest BCUT2D eigenvalue weighted by Crippen LogP contribution is 2.35. The Morgan fingerprint density at radius 2 is 1.91 bits per heavy atom. The zero-order chi connectivity index (χ0) is 24.4. The molecule has 7 nitrogen and oxygen atoms in total. The fourth-order valence-corrected chi connectivity index (χ4v) is 5.15. The first-order valence-corrected chi connectivity index (χ1v) is 12.5. The summed E-state index contributed by atoms with van der Waals surface area (Å²) in [7, 11) is 0. The highest BCUT2D eigenvalue weighted by molar-refractivity contribution is 6.31. The molecule has 0 spiro atoms. The maximum atomic E-state index is 13.1. The Hall–Kier alpha value is -3.45. The molecule has 3 aromatic rings. The number of nitrogens with one attached hydrogen (secondary N) is 2. The first-order chi connectivity index (χ1) is 17.0. The molecular weight excluding hydrogens is 462 g/mol. The Morgan fingerprint density at radius 3 is 2.66 bits per heavy atom. The van der Waals surface area contributed by atoms with Crippen LogP contribution in [0.15, 0.2) is 48.7 Å². The average molecular weight is 490 g/mol. The third kappa shape index (κ3) is 5.00. The lowest BCUT2D eigenvalue weighted by atomic mass is 9.93. The van der Waals surface area contributed by atoms with Crippen LogP contribution in [0.2, 0.25) is 5.02 Å². The van der Waals surface area contributed by atoms with Gasteiger partial charge in [-0.3, -0.25) is 9.59 Å². The van der Waals surface area contributed by atoms with Gasteiger partial charge in [-0.05, 0) is 62.2 Å². The number of anilines is 3. The van der Waals surface area contributed by atoms with Gasteiger partial charge in [-0.2, -0.15) is 0 Å². The van der Waals surface area contributed by atoms with E-state index in [2.05, 4.69) is 15.6 Å². The molecule has 2 heterocycles. The second kappa shape index (κ2) is 10.0. The average Bonchev–Trinajstić information content (AvgIpc) is 3.00. The molecule has 0 unspecified atom stereocenters. The zero-order valence-electron chi connectivity index (χ0n) is 19.7. The van der Waals surface area contributed by atoms with Gasteiger partial charge in [-0.25, -0.2) is 9.97 Å². The van der Waals surface area contributed by atoms with E-state index in [1.807, 2.05) is 42.2 Å². The molecule has 2 aromatic carbocycles. The number of hydrogen-bond donors (Lipinski definition) is 2. The predicted molar refractivity (Wildman–Crippen MR) is 138 cm³/mol. The van der Waals surface area contributed by atoms with Crippen LogP contribution in [0.25, 0.3) is 11.3 Å². The number of fused-ring (bicyclic) bond motifs is 3. The normalized spacial score (nSPS) is 15.4. The SMILES string of the molecule is CCN(C(=O)c1ccc(Nc2ncc3c(n2)-c2ccc(Cl)cc2NC(=O)C3)cc1)C1CCCCC1. The van der Waals surface area contributed by atoms with Gasteiger partial charge in [0, 0.05) is 46.2 Å². The number of aromatic nitrogens is 2. The van der Waals surface area contributed by atoms with E-state index < -0.39 is 0 Å². The predicted octanol–water partition coefficient (Wildman–Crippen LogP) is 5.83. The van der Waals surface area contributed by atoms with E-state index in [0.717, 1.165) is 36.2 Å². The molecule has 1 aliphatic carbocycles. The lowest BCUT2D eigenvalue weighted by molar-refractivity contribution is -0.115. The van der Waals surface area contributed by atoms with E-state index in [-0.39, 0.29) is 18.2 Å². The second-order valence-electron chi connectivity index (χ2n) is 9.07. The van der Waals surface area contributed by atoms with Gasteiger partial charge in [0.05, 0.1) is 17.8 Å². The molecule has 1 fully saturated rings. The first-order valence-electron chi connectivity index (χ1n) is 12.2. The number of nitrogens with zero attached hydrogens (tertiary/aromatic N) is 3. The van der Waals surface area contributed by atoms with Gasteiger partial charge in [0.25, 0.3) is 5.91 Å². The molecule has 1 aromatic heterocycles. The zero-order valence-corrected chi connectivity index (χ0v) is 20.4. The first kappa shape index (κ1) is 23.3. The van der Waals surface area contributed by atoms with Gasteiger partial charge in [-0.15, -0.1) is 0 Å². The van der Waals surface area contributed by atoms with Crippen LogP contribution in [-0.2, 0) is 11.2 Å². The minimum absolute atomic E-state index is 0.0830. The van der Waals surface area contributed by atoms with Crippen molar-refractivity contribution >= 4 is 40.7 Å². The van der Waals surface area contributed by atoms with Crippen molar-refractivity contribution in [1.29, 1.82) is 0 Å². The lowest BCUT2D eigenvalue weighted by Gasteiger charge is -2.33. The lowest BCUT2D eigenvalue weighted by Crippen LogP contribution is -2.41. The van der Waals surface area contributed by atoms with Gasteiger partial charge in [0.15, 0.2) is 0 Å². The van der Waals surface area contributed by atoms with Crippen LogP contribution in [0.1, 0.15) is 54.9 Å². The van der Waals surface area contributed by atoms with E-state index in [1.165, 1.54) is 19.3 Å². The summed E-state index contributed by atoms with van der Waals surface area (Å²) in [5.74, 6) is 0.362. The molecule has 0 atom stereocenters. The molecule has 2 amide bonds. The third-order valence-corrected chi connectivity index (χ3v) is 6.97. The molecule has 0 saturated heterocycles. The monoisotopic (exact) mass is 489 g/mol. The van der Waals surface area contributed by atoms with Crippen LogP contribution in [0.5, 0.6) is 0 Å². The van der Waals surface area contributed by atoms with E-state index in [4.69, 9.17) is 16.6 Å². The van der Waals surface area contributed by atoms with Crippen molar-refractivity contribution in [1.82, 2.24) is 14.9 Å². The summed E-state index contributed by atoms with van der Waals surface area (Å²) in [6.07, 6.45) is 7.69. The molecular formula is C27H28ClN5O2. The summed E-state index contributed by atoms with van der Waals surface area (Å²) in [5.41, 5.74) is 4.32. The number of amides is 2. The summed E-state index contributed by atoms with van der Waals surface area (Å²) in [4.78, 5) is 36.6. The molecule has 180 valence electrons. The Labute approximate surface area is 209 Å². The molecule has 8 heteroatoms. The number of carbonyl (C=O) groups excluding carboxylic acids is 2. The van der Waals surface area contributed by atoms with Gasteiger partial charge < -0.3 is 15.5 Å². The van der Waals surface area contributed by atoms with Gasteiger partial charge in [0.1, 0.15) is 0 Å². The molecule has 5 rings (SSSR count). The molecule has 0 radical (unpaired) electrons. The minimum atomic E-state index is -0.133. The summed E-state index contributed by atoms with van der Waals surface area (Å²) in [6.45, 7) is 2.77. The topological polar surface area (TPSA) is 87.2 Å². The summed E-state index contributed by atoms with van der Waals surface area (Å²) >= 11 is 6.13. The van der Waals surface area contributed by atoms with Crippen molar-refractivity contribution in [2.24, 2.45) is 0 Å². The maximum absolute atomic E-state index is 13.1. The summed E-state index contributed by atoms with van der Waals surface area (Å²) < 4.78 is 0. The number of hydrogen-bond acceptors (Lipinski definition) is 5. The Balaban J connectivity index is 1.36. The van der Waals surface area contributed by atoms with Crippen LogP contribution in [0.4, 0.5) is 17.3 Å². The third-order valence-electron chi connectivity index (χ3n) is 6.73. The Morgan fingerprint density at radius 1 is 1.14 bits per heavy atom. The maximum Gasteiger partial charge on any atom is 0.254 e. The van der Waals surface area contributed by atoms with Gasteiger partial charge >= 0.3 is 0 Å². The molecule has 2 N–H and O–H groups in total. The van der Waals surface area contributed by atoms with Crippen LogP contribution in [0, 0.1) is 0 Å². The highest BCUT2D eigenvalue weighted by atomic mass is 35.5. The molecule has 0 bridgehead atoms. The summed E-state index contributed by atoms with van der Waals surface area (Å²) in [5, 5.41) is 6.65.